The number of carbonyl (C=O) groups is 2. The molecule has 0 bridgehead atoms. The van der Waals surface area contributed by atoms with Crippen LogP contribution in [0.4, 0.5) is 0 Å². The van der Waals surface area contributed by atoms with E-state index in [1.54, 1.807) is 0 Å². The third-order valence-electron chi connectivity index (χ3n) is 4.60. The molecule has 3 unspecified atom stereocenters. The van der Waals surface area contributed by atoms with Gasteiger partial charge in [-0.15, -0.1) is 0 Å². The van der Waals surface area contributed by atoms with Crippen molar-refractivity contribution in [2.45, 2.75) is 25.3 Å². The van der Waals surface area contributed by atoms with E-state index in [1.165, 1.54) is 0 Å². The molecule has 2 fully saturated rings. The molecule has 2 aliphatic rings. The summed E-state index contributed by atoms with van der Waals surface area (Å²) in [5.74, 6) is -0.736. The minimum atomic E-state index is -3.01. The summed E-state index contributed by atoms with van der Waals surface area (Å²) in [7, 11) is -3.01. The van der Waals surface area contributed by atoms with E-state index in [1.807, 2.05) is 30.3 Å². The molecule has 1 aliphatic carbocycles. The van der Waals surface area contributed by atoms with Gasteiger partial charge in [0.1, 0.15) is 0 Å². The summed E-state index contributed by atoms with van der Waals surface area (Å²) in [5, 5.41) is 5.63. The first-order chi connectivity index (χ1) is 11.4. The average molecular weight is 350 g/mol. The molecule has 0 aromatic heterocycles. The topological polar surface area (TPSA) is 92.3 Å². The van der Waals surface area contributed by atoms with E-state index in [9.17, 15) is 18.0 Å². The quantitative estimate of drug-likeness (QED) is 0.771. The molecule has 0 radical (unpaired) electrons. The van der Waals surface area contributed by atoms with Crippen molar-refractivity contribution in [3.8, 4) is 0 Å². The second kappa shape index (κ2) is 6.93. The Labute approximate surface area is 141 Å². The molecule has 130 valence electrons. The third kappa shape index (κ3) is 4.35. The highest BCUT2D eigenvalue weighted by Crippen LogP contribution is 2.39. The molecule has 3 rings (SSSR count). The predicted octanol–water partition coefficient (Wildman–Crippen LogP) is 0.285. The Kier molecular flexibility index (Phi) is 4.89. The van der Waals surface area contributed by atoms with Crippen molar-refractivity contribution in [2.24, 2.45) is 11.8 Å². The first kappa shape index (κ1) is 17.0. The van der Waals surface area contributed by atoms with Crippen molar-refractivity contribution in [3.05, 3.63) is 35.9 Å². The van der Waals surface area contributed by atoms with Crippen molar-refractivity contribution in [2.75, 3.05) is 18.1 Å². The molecule has 6 nitrogen and oxygen atoms in total. The Bertz CT molecular complexity index is 717. The third-order valence-corrected chi connectivity index (χ3v) is 6.37. The fourth-order valence-corrected chi connectivity index (χ4v) is 4.77. The average Bonchev–Trinajstić information content (AvgIpc) is 3.28. The Morgan fingerprint density at radius 2 is 1.79 bits per heavy atom. The maximum Gasteiger partial charge on any atom is 0.224 e. The van der Waals surface area contributed by atoms with E-state index < -0.39 is 9.84 Å². The Balaban J connectivity index is 1.38. The van der Waals surface area contributed by atoms with Crippen LogP contribution in [0, 0.1) is 11.8 Å². The van der Waals surface area contributed by atoms with E-state index in [4.69, 9.17) is 0 Å². The molecule has 3 atom stereocenters. The van der Waals surface area contributed by atoms with E-state index in [0.717, 1.165) is 12.0 Å². The monoisotopic (exact) mass is 350 g/mol. The van der Waals surface area contributed by atoms with Crippen LogP contribution in [0.3, 0.4) is 0 Å². The summed E-state index contributed by atoms with van der Waals surface area (Å²) >= 11 is 0. The van der Waals surface area contributed by atoms with Gasteiger partial charge in [-0.05, 0) is 24.8 Å². The van der Waals surface area contributed by atoms with Crippen LogP contribution in [0.2, 0.25) is 0 Å². The van der Waals surface area contributed by atoms with Crippen LogP contribution in [-0.4, -0.2) is 44.3 Å². The molecule has 1 heterocycles. The number of nitrogens with one attached hydrogen (secondary N) is 2. The maximum atomic E-state index is 12.1. The van der Waals surface area contributed by atoms with Gasteiger partial charge in [0.25, 0.3) is 0 Å². The number of amides is 2. The lowest BCUT2D eigenvalue weighted by atomic mass is 10.1. The first-order valence-corrected chi connectivity index (χ1v) is 10.1. The van der Waals surface area contributed by atoms with Gasteiger partial charge in [0.2, 0.25) is 11.8 Å². The number of sulfone groups is 1. The van der Waals surface area contributed by atoms with Gasteiger partial charge in [0.15, 0.2) is 9.84 Å². The van der Waals surface area contributed by atoms with Gasteiger partial charge >= 0.3 is 0 Å². The minimum absolute atomic E-state index is 0.0133. The molecule has 1 saturated carbocycles. The van der Waals surface area contributed by atoms with Crippen molar-refractivity contribution in [3.63, 3.8) is 0 Å². The largest absolute Gasteiger partial charge is 0.356 e. The summed E-state index contributed by atoms with van der Waals surface area (Å²) in [4.78, 5) is 24.2. The van der Waals surface area contributed by atoms with Crippen LogP contribution in [-0.2, 0) is 25.8 Å². The highest BCUT2D eigenvalue weighted by molar-refractivity contribution is 7.91. The summed E-state index contributed by atoms with van der Waals surface area (Å²) < 4.78 is 22.8. The van der Waals surface area contributed by atoms with E-state index >= 15 is 0 Å². The van der Waals surface area contributed by atoms with Crippen LogP contribution < -0.4 is 10.6 Å². The van der Waals surface area contributed by atoms with Crippen molar-refractivity contribution in [1.29, 1.82) is 0 Å². The zero-order valence-electron chi connectivity index (χ0n) is 13.4. The predicted molar refractivity (Wildman–Crippen MR) is 90.0 cm³/mol. The van der Waals surface area contributed by atoms with E-state index in [-0.39, 0.29) is 41.2 Å². The van der Waals surface area contributed by atoms with Crippen LogP contribution in [0.25, 0.3) is 0 Å². The number of hydrogen-bond donors (Lipinski definition) is 2. The van der Waals surface area contributed by atoms with Crippen LogP contribution >= 0.6 is 0 Å². The van der Waals surface area contributed by atoms with Crippen molar-refractivity contribution in [1.82, 2.24) is 10.6 Å². The molecule has 1 aliphatic heterocycles. The molecule has 2 N–H and O–H groups in total. The van der Waals surface area contributed by atoms with Crippen LogP contribution in [0.15, 0.2) is 30.3 Å². The molecule has 1 saturated heterocycles. The molecule has 24 heavy (non-hydrogen) atoms. The Hall–Kier alpha value is -1.89. The van der Waals surface area contributed by atoms with Crippen molar-refractivity contribution < 1.29 is 18.0 Å². The zero-order chi connectivity index (χ0) is 17.2. The fraction of sp³-hybridized carbons (Fsp3) is 0.529. The van der Waals surface area contributed by atoms with Gasteiger partial charge in [-0.3, -0.25) is 9.59 Å². The zero-order valence-corrected chi connectivity index (χ0v) is 14.2. The fourth-order valence-electron chi connectivity index (χ4n) is 3.10. The molecule has 7 heteroatoms. The molecule has 1 aromatic rings. The molecular weight excluding hydrogens is 328 g/mol. The lowest BCUT2D eigenvalue weighted by Crippen LogP contribution is -2.38. The van der Waals surface area contributed by atoms with Gasteiger partial charge < -0.3 is 10.6 Å². The highest BCUT2D eigenvalue weighted by atomic mass is 32.2. The van der Waals surface area contributed by atoms with Gasteiger partial charge in [0.05, 0.1) is 23.3 Å². The van der Waals surface area contributed by atoms with E-state index in [2.05, 4.69) is 10.6 Å². The van der Waals surface area contributed by atoms with E-state index in [0.29, 0.717) is 19.4 Å². The van der Waals surface area contributed by atoms with Crippen molar-refractivity contribution >= 4 is 21.7 Å². The maximum absolute atomic E-state index is 12.1. The lowest BCUT2D eigenvalue weighted by Gasteiger charge is -2.10. The van der Waals surface area contributed by atoms with Gasteiger partial charge in [-0.2, -0.15) is 0 Å². The van der Waals surface area contributed by atoms with Crippen LogP contribution in [0.5, 0.6) is 0 Å². The summed E-state index contributed by atoms with van der Waals surface area (Å²) in [6.45, 7) is 0.550. The second-order valence-corrected chi connectivity index (χ2v) is 8.81. The van der Waals surface area contributed by atoms with Gasteiger partial charge in [-0.25, -0.2) is 8.42 Å². The Morgan fingerprint density at radius 3 is 2.46 bits per heavy atom. The minimum Gasteiger partial charge on any atom is -0.356 e. The number of hydrogen-bond acceptors (Lipinski definition) is 4. The molecule has 1 aromatic carbocycles. The summed E-state index contributed by atoms with van der Waals surface area (Å²) in [6.07, 6.45) is 1.77. The lowest BCUT2D eigenvalue weighted by molar-refractivity contribution is -0.127. The SMILES string of the molecule is O=C(NCCc1ccccc1)C1CC1C(=O)NC1CCS(=O)(=O)C1. The smallest absolute Gasteiger partial charge is 0.224 e. The normalized spacial score (nSPS) is 27.4. The van der Waals surface area contributed by atoms with Gasteiger partial charge in [-0.1, -0.05) is 30.3 Å². The number of rotatable bonds is 6. The number of benzene rings is 1. The molecular formula is C17H22N2O4S. The Morgan fingerprint density at radius 1 is 1.08 bits per heavy atom. The second-order valence-electron chi connectivity index (χ2n) is 6.58. The molecule has 2 amide bonds. The van der Waals surface area contributed by atoms with Crippen LogP contribution in [0.1, 0.15) is 18.4 Å². The standard InChI is InChI=1S/C17H22N2O4S/c20-16(18-8-6-12-4-2-1-3-5-12)14-10-15(14)17(21)19-13-7-9-24(22,23)11-13/h1-5,13-15H,6-11H2,(H,18,20)(H,19,21). The number of carbonyl (C=O) groups excluding carboxylic acids is 2. The summed E-state index contributed by atoms with van der Waals surface area (Å²) in [5.41, 5.74) is 1.16. The summed E-state index contributed by atoms with van der Waals surface area (Å²) in [6, 6.07) is 9.59. The first-order valence-electron chi connectivity index (χ1n) is 8.27. The highest BCUT2D eigenvalue weighted by Gasteiger charge is 2.48. The molecule has 0 spiro atoms. The van der Waals surface area contributed by atoms with Gasteiger partial charge in [0, 0.05) is 12.6 Å².